The molecule has 7 heteroatoms. The first-order valence-electron chi connectivity index (χ1n) is 7.84. The van der Waals surface area contributed by atoms with E-state index in [1.807, 2.05) is 37.4 Å². The number of hydrogen-bond donors (Lipinski definition) is 2. The van der Waals surface area contributed by atoms with Gasteiger partial charge in [0.15, 0.2) is 16.7 Å². The summed E-state index contributed by atoms with van der Waals surface area (Å²) in [5.74, 6) is 1.83. The Bertz CT molecular complexity index is 887. The minimum Gasteiger partial charge on any atom is -0.452 e. The monoisotopic (exact) mass is 356 g/mol. The van der Waals surface area contributed by atoms with Crippen LogP contribution in [0.4, 0.5) is 10.9 Å². The van der Waals surface area contributed by atoms with E-state index in [4.69, 9.17) is 4.74 Å². The zero-order chi connectivity index (χ0) is 18.0. The largest absolute Gasteiger partial charge is 0.452 e. The molecule has 0 unspecified atom stereocenters. The second kappa shape index (κ2) is 6.78. The van der Waals surface area contributed by atoms with Crippen LogP contribution in [-0.4, -0.2) is 20.1 Å². The predicted octanol–water partition coefficient (Wildman–Crippen LogP) is 4.31. The summed E-state index contributed by atoms with van der Waals surface area (Å²) in [5.41, 5.74) is 1.41. The second-order valence-corrected chi connectivity index (χ2v) is 7.13. The van der Waals surface area contributed by atoms with Crippen LogP contribution in [0.5, 0.6) is 11.5 Å². The average molecular weight is 356 g/mol. The van der Waals surface area contributed by atoms with Crippen LogP contribution in [0.3, 0.4) is 0 Å². The SMILES string of the molecule is Cc1cnc(Nc2nc(C(C)(C)O)cs2)c(Oc2cccnc2C)c1. The Labute approximate surface area is 150 Å². The number of anilines is 2. The van der Waals surface area contributed by atoms with Crippen LogP contribution in [0.25, 0.3) is 0 Å². The van der Waals surface area contributed by atoms with Gasteiger partial charge in [0, 0.05) is 17.8 Å². The Kier molecular flexibility index (Phi) is 4.69. The molecule has 0 aliphatic heterocycles. The van der Waals surface area contributed by atoms with Gasteiger partial charge in [0.05, 0.1) is 11.4 Å². The Morgan fingerprint density at radius 3 is 2.68 bits per heavy atom. The molecule has 0 aliphatic carbocycles. The van der Waals surface area contributed by atoms with E-state index in [0.29, 0.717) is 28.1 Å². The number of ether oxygens (including phenoxy) is 1. The molecule has 0 aromatic carbocycles. The maximum absolute atomic E-state index is 10.1. The summed E-state index contributed by atoms with van der Waals surface area (Å²) in [6.07, 6.45) is 3.49. The number of pyridine rings is 2. The van der Waals surface area contributed by atoms with Crippen LogP contribution in [0, 0.1) is 13.8 Å². The summed E-state index contributed by atoms with van der Waals surface area (Å²) >= 11 is 1.40. The number of hydrogen-bond acceptors (Lipinski definition) is 7. The number of nitrogens with one attached hydrogen (secondary N) is 1. The molecule has 0 saturated carbocycles. The summed E-state index contributed by atoms with van der Waals surface area (Å²) in [7, 11) is 0. The molecular formula is C18H20N4O2S. The van der Waals surface area contributed by atoms with Crippen molar-refractivity contribution >= 4 is 22.3 Å². The quantitative estimate of drug-likeness (QED) is 0.709. The molecule has 25 heavy (non-hydrogen) atoms. The van der Waals surface area contributed by atoms with Crippen molar-refractivity contribution in [3.8, 4) is 11.5 Å². The topological polar surface area (TPSA) is 80.2 Å². The van der Waals surface area contributed by atoms with E-state index in [9.17, 15) is 5.11 Å². The minimum atomic E-state index is -0.983. The molecule has 0 radical (unpaired) electrons. The van der Waals surface area contributed by atoms with Crippen LogP contribution in [-0.2, 0) is 5.60 Å². The molecule has 3 aromatic heterocycles. The molecule has 2 N–H and O–H groups in total. The standard InChI is InChI=1S/C18H20N4O2S/c1-11-8-14(24-13-6-5-7-19-12(13)2)16(20-9-11)22-17-21-15(10-25-17)18(3,4)23/h5-10,23H,1-4H3,(H,20,21,22). The smallest absolute Gasteiger partial charge is 0.188 e. The zero-order valence-electron chi connectivity index (χ0n) is 14.6. The Morgan fingerprint density at radius 1 is 1.20 bits per heavy atom. The van der Waals surface area contributed by atoms with Crippen molar-refractivity contribution in [1.29, 1.82) is 0 Å². The molecule has 0 atom stereocenters. The molecular weight excluding hydrogens is 336 g/mol. The molecule has 0 bridgehead atoms. The third kappa shape index (κ3) is 4.12. The van der Waals surface area contributed by atoms with E-state index in [-0.39, 0.29) is 0 Å². The van der Waals surface area contributed by atoms with Crippen LogP contribution in [0.1, 0.15) is 30.8 Å². The van der Waals surface area contributed by atoms with Gasteiger partial charge in [-0.1, -0.05) is 0 Å². The van der Waals surface area contributed by atoms with Crippen LogP contribution >= 0.6 is 11.3 Å². The fourth-order valence-electron chi connectivity index (χ4n) is 2.12. The Morgan fingerprint density at radius 2 is 2.00 bits per heavy atom. The van der Waals surface area contributed by atoms with E-state index >= 15 is 0 Å². The summed E-state index contributed by atoms with van der Waals surface area (Å²) in [6, 6.07) is 5.60. The summed E-state index contributed by atoms with van der Waals surface area (Å²) in [6.45, 7) is 7.25. The van der Waals surface area contributed by atoms with Crippen molar-refractivity contribution < 1.29 is 9.84 Å². The molecule has 0 spiro atoms. The molecule has 130 valence electrons. The van der Waals surface area contributed by atoms with Gasteiger partial charge in [0.2, 0.25) is 0 Å². The second-order valence-electron chi connectivity index (χ2n) is 6.27. The average Bonchev–Trinajstić information content (AvgIpc) is 3.01. The highest BCUT2D eigenvalue weighted by Gasteiger charge is 2.20. The molecule has 6 nitrogen and oxygen atoms in total. The lowest BCUT2D eigenvalue weighted by Crippen LogP contribution is -2.15. The molecule has 3 aromatic rings. The van der Waals surface area contributed by atoms with Gasteiger partial charge < -0.3 is 15.2 Å². The lowest BCUT2D eigenvalue weighted by Gasteiger charge is -2.14. The van der Waals surface area contributed by atoms with Gasteiger partial charge in [-0.05, 0) is 51.5 Å². The number of aliphatic hydroxyl groups is 1. The summed E-state index contributed by atoms with van der Waals surface area (Å²) in [5, 5.41) is 15.7. The van der Waals surface area contributed by atoms with Crippen molar-refractivity contribution in [3.05, 3.63) is 52.9 Å². The predicted molar refractivity (Wildman–Crippen MR) is 98.7 cm³/mol. The van der Waals surface area contributed by atoms with E-state index in [2.05, 4.69) is 20.3 Å². The van der Waals surface area contributed by atoms with Crippen LogP contribution < -0.4 is 10.1 Å². The van der Waals surface area contributed by atoms with Crippen molar-refractivity contribution in [1.82, 2.24) is 15.0 Å². The first-order chi connectivity index (χ1) is 11.8. The van der Waals surface area contributed by atoms with Crippen molar-refractivity contribution in [2.45, 2.75) is 33.3 Å². The van der Waals surface area contributed by atoms with Gasteiger partial charge in [-0.15, -0.1) is 11.3 Å². The third-order valence-electron chi connectivity index (χ3n) is 3.52. The number of aryl methyl sites for hydroxylation is 2. The lowest BCUT2D eigenvalue weighted by molar-refractivity contribution is 0.0746. The summed E-state index contributed by atoms with van der Waals surface area (Å²) in [4.78, 5) is 13.1. The van der Waals surface area contributed by atoms with E-state index in [1.165, 1.54) is 11.3 Å². The molecule has 0 aliphatic rings. The molecule has 3 heterocycles. The highest BCUT2D eigenvalue weighted by atomic mass is 32.1. The Balaban J connectivity index is 1.89. The van der Waals surface area contributed by atoms with Crippen molar-refractivity contribution in [3.63, 3.8) is 0 Å². The molecule has 0 fully saturated rings. The van der Waals surface area contributed by atoms with E-state index in [1.54, 1.807) is 26.2 Å². The van der Waals surface area contributed by atoms with Gasteiger partial charge in [0.25, 0.3) is 0 Å². The van der Waals surface area contributed by atoms with E-state index < -0.39 is 5.60 Å². The van der Waals surface area contributed by atoms with Gasteiger partial charge in [0.1, 0.15) is 11.4 Å². The van der Waals surface area contributed by atoms with E-state index in [0.717, 1.165) is 11.3 Å². The highest BCUT2D eigenvalue weighted by molar-refractivity contribution is 7.13. The van der Waals surface area contributed by atoms with Crippen LogP contribution in [0.15, 0.2) is 36.0 Å². The molecule has 0 saturated heterocycles. The fraction of sp³-hybridized carbons (Fsp3) is 0.278. The van der Waals surface area contributed by atoms with Gasteiger partial charge in [-0.3, -0.25) is 4.98 Å². The van der Waals surface area contributed by atoms with Gasteiger partial charge in [-0.2, -0.15) is 0 Å². The zero-order valence-corrected chi connectivity index (χ0v) is 15.4. The maximum atomic E-state index is 10.1. The normalized spacial score (nSPS) is 11.4. The summed E-state index contributed by atoms with van der Waals surface area (Å²) < 4.78 is 6.01. The van der Waals surface area contributed by atoms with Crippen molar-refractivity contribution in [2.24, 2.45) is 0 Å². The molecule has 3 rings (SSSR count). The first-order valence-corrected chi connectivity index (χ1v) is 8.72. The Hall–Kier alpha value is -2.51. The van der Waals surface area contributed by atoms with Gasteiger partial charge in [-0.25, -0.2) is 9.97 Å². The minimum absolute atomic E-state index is 0.561. The lowest BCUT2D eigenvalue weighted by atomic mass is 10.1. The van der Waals surface area contributed by atoms with Gasteiger partial charge >= 0.3 is 0 Å². The van der Waals surface area contributed by atoms with Crippen molar-refractivity contribution in [2.75, 3.05) is 5.32 Å². The molecule has 0 amide bonds. The maximum Gasteiger partial charge on any atom is 0.188 e. The number of nitrogens with zero attached hydrogens (tertiary/aromatic N) is 3. The number of aromatic nitrogens is 3. The highest BCUT2D eigenvalue weighted by Crippen LogP contribution is 2.33. The fourth-order valence-corrected chi connectivity index (χ4v) is 2.99. The van der Waals surface area contributed by atoms with Crippen LogP contribution in [0.2, 0.25) is 0 Å². The first kappa shape index (κ1) is 17.3. The third-order valence-corrected chi connectivity index (χ3v) is 4.28. The number of rotatable bonds is 5. The number of thiazole rings is 1.